The highest BCUT2D eigenvalue weighted by molar-refractivity contribution is 5.97. The van der Waals surface area contributed by atoms with Crippen LogP contribution in [-0.4, -0.2) is 38.1 Å². The first-order valence-corrected chi connectivity index (χ1v) is 9.34. The highest BCUT2D eigenvalue weighted by Crippen LogP contribution is 2.33. The second-order valence-corrected chi connectivity index (χ2v) is 6.46. The highest BCUT2D eigenvalue weighted by Gasteiger charge is 2.15. The third kappa shape index (κ3) is 5.82. The van der Waals surface area contributed by atoms with E-state index in [1.807, 2.05) is 6.92 Å². The van der Waals surface area contributed by atoms with E-state index in [9.17, 15) is 9.90 Å². The Bertz CT molecular complexity index is 686. The molecule has 7 heteroatoms. The van der Waals surface area contributed by atoms with Crippen LogP contribution in [0.4, 0.5) is 0 Å². The Morgan fingerprint density at radius 1 is 1.15 bits per heavy atom. The number of rotatable bonds is 12. The second kappa shape index (κ2) is 10.5. The molecule has 0 atom stereocenters. The van der Waals surface area contributed by atoms with E-state index >= 15 is 0 Å². The Hall–Kier alpha value is -2.44. The van der Waals surface area contributed by atoms with Crippen molar-refractivity contribution < 1.29 is 14.6 Å². The van der Waals surface area contributed by atoms with E-state index in [2.05, 4.69) is 20.6 Å². The Labute approximate surface area is 154 Å². The van der Waals surface area contributed by atoms with Crippen LogP contribution in [0.1, 0.15) is 74.1 Å². The number of hydrogen-bond acceptors (Lipinski definition) is 6. The number of hydrogen-bond donors (Lipinski definition) is 2. The summed E-state index contributed by atoms with van der Waals surface area (Å²) in [5.74, 6) is 1.46. The van der Waals surface area contributed by atoms with Crippen LogP contribution in [0, 0.1) is 0 Å². The number of aromatic amines is 1. The van der Waals surface area contributed by atoms with E-state index in [0.717, 1.165) is 56.3 Å². The lowest BCUT2D eigenvalue weighted by Gasteiger charge is -2.14. The number of ketones is 1. The molecule has 0 unspecified atom stereocenters. The predicted octanol–water partition coefficient (Wildman–Crippen LogP) is 3.63. The fourth-order valence-corrected chi connectivity index (χ4v) is 2.92. The Morgan fingerprint density at radius 3 is 2.62 bits per heavy atom. The third-order valence-corrected chi connectivity index (χ3v) is 4.32. The first-order chi connectivity index (χ1) is 12.6. The zero-order valence-corrected chi connectivity index (χ0v) is 15.6. The number of phenols is 1. The lowest BCUT2D eigenvalue weighted by atomic mass is 10.0. The molecule has 0 fully saturated rings. The zero-order chi connectivity index (χ0) is 18.8. The van der Waals surface area contributed by atoms with Gasteiger partial charge < -0.3 is 9.84 Å². The number of unbranched alkanes of at least 4 members (excludes halogenated alkanes) is 4. The van der Waals surface area contributed by atoms with Gasteiger partial charge in [0.15, 0.2) is 5.78 Å². The number of carbonyl (C=O) groups excluding carboxylic acids is 1. The molecule has 0 amide bonds. The molecule has 0 aliphatic rings. The van der Waals surface area contributed by atoms with Crippen molar-refractivity contribution in [2.75, 3.05) is 6.61 Å². The maximum absolute atomic E-state index is 11.6. The van der Waals surface area contributed by atoms with Crippen LogP contribution >= 0.6 is 0 Å². The van der Waals surface area contributed by atoms with Crippen molar-refractivity contribution in [3.05, 3.63) is 29.1 Å². The number of aromatic hydroxyl groups is 1. The Morgan fingerprint density at radius 2 is 1.92 bits per heavy atom. The van der Waals surface area contributed by atoms with Crippen LogP contribution in [0.5, 0.6) is 11.5 Å². The van der Waals surface area contributed by atoms with Gasteiger partial charge in [-0.1, -0.05) is 32.6 Å². The lowest BCUT2D eigenvalue weighted by molar-refractivity contribution is 0.101. The topological polar surface area (TPSA) is 101 Å². The summed E-state index contributed by atoms with van der Waals surface area (Å²) >= 11 is 0. The van der Waals surface area contributed by atoms with Crippen LogP contribution in [-0.2, 0) is 12.8 Å². The lowest BCUT2D eigenvalue weighted by Crippen LogP contribution is -2.03. The number of benzene rings is 1. The molecule has 0 saturated carbocycles. The van der Waals surface area contributed by atoms with Crippen LogP contribution < -0.4 is 4.74 Å². The van der Waals surface area contributed by atoms with Gasteiger partial charge in [0.2, 0.25) is 0 Å². The van der Waals surface area contributed by atoms with Gasteiger partial charge in [-0.25, -0.2) is 5.10 Å². The van der Waals surface area contributed by atoms with Crippen LogP contribution in [0.15, 0.2) is 12.1 Å². The number of tetrazole rings is 1. The van der Waals surface area contributed by atoms with Gasteiger partial charge in [0.25, 0.3) is 0 Å². The number of phenolic OH excluding ortho intramolecular Hbond substituents is 1. The molecule has 7 nitrogen and oxygen atoms in total. The van der Waals surface area contributed by atoms with Gasteiger partial charge in [0.05, 0.1) is 12.2 Å². The van der Waals surface area contributed by atoms with Crippen molar-refractivity contribution in [2.45, 2.75) is 65.2 Å². The molecular formula is C19H28N4O3. The summed E-state index contributed by atoms with van der Waals surface area (Å²) in [5.41, 5.74) is 1.10. The monoisotopic (exact) mass is 360 g/mol. The number of Topliss-reactive ketones (excluding diaryl/α,β-unsaturated/α-hetero) is 1. The molecule has 0 radical (unpaired) electrons. The molecule has 1 aromatic heterocycles. The first-order valence-electron chi connectivity index (χ1n) is 9.34. The minimum Gasteiger partial charge on any atom is -0.507 e. The molecule has 0 aliphatic heterocycles. The minimum atomic E-state index is -0.132. The second-order valence-electron chi connectivity index (χ2n) is 6.46. The van der Waals surface area contributed by atoms with Crippen molar-refractivity contribution in [3.63, 3.8) is 0 Å². The van der Waals surface area contributed by atoms with Gasteiger partial charge in [0, 0.05) is 12.0 Å². The smallest absolute Gasteiger partial charge is 0.163 e. The average molecular weight is 360 g/mol. The van der Waals surface area contributed by atoms with Crippen molar-refractivity contribution in [1.29, 1.82) is 0 Å². The number of nitrogens with zero attached hydrogens (tertiary/aromatic N) is 3. The Kier molecular flexibility index (Phi) is 8.05. The SMILES string of the molecule is CCCc1c(OCCCCCCCc2nnn[nH]2)ccc(C(C)=O)c1O. The minimum absolute atomic E-state index is 0.0683. The number of aromatic nitrogens is 4. The predicted molar refractivity (Wildman–Crippen MR) is 98.6 cm³/mol. The fourth-order valence-electron chi connectivity index (χ4n) is 2.92. The van der Waals surface area contributed by atoms with Gasteiger partial charge in [-0.05, 0) is 48.7 Å². The maximum Gasteiger partial charge on any atom is 0.163 e. The number of nitrogens with one attached hydrogen (secondary N) is 1. The normalized spacial score (nSPS) is 10.8. The molecule has 0 bridgehead atoms. The molecular weight excluding hydrogens is 332 g/mol. The summed E-state index contributed by atoms with van der Waals surface area (Å²) < 4.78 is 5.87. The highest BCUT2D eigenvalue weighted by atomic mass is 16.5. The van der Waals surface area contributed by atoms with Gasteiger partial charge in [0.1, 0.15) is 17.3 Å². The van der Waals surface area contributed by atoms with Gasteiger partial charge in [-0.3, -0.25) is 4.79 Å². The summed E-state index contributed by atoms with van der Waals surface area (Å²) in [6.45, 7) is 4.12. The molecule has 1 aromatic carbocycles. The Balaban J connectivity index is 1.71. The molecule has 0 spiro atoms. The standard InChI is InChI=1S/C19H28N4O3/c1-3-9-16-17(12-11-15(14(2)24)19(16)25)26-13-8-6-4-5-7-10-18-20-22-23-21-18/h11-12,25H,3-10,13H2,1-2H3,(H,20,21,22,23). The molecule has 2 rings (SSSR count). The van der Waals surface area contributed by atoms with E-state index in [1.165, 1.54) is 6.92 Å². The average Bonchev–Trinajstić information content (AvgIpc) is 3.13. The number of ether oxygens (including phenoxy) is 1. The number of aryl methyl sites for hydroxylation is 1. The fraction of sp³-hybridized carbons (Fsp3) is 0.579. The van der Waals surface area contributed by atoms with Crippen LogP contribution in [0.2, 0.25) is 0 Å². The number of H-pyrrole nitrogens is 1. The molecule has 26 heavy (non-hydrogen) atoms. The molecule has 2 aromatic rings. The maximum atomic E-state index is 11.6. The van der Waals surface area contributed by atoms with Crippen molar-refractivity contribution in [1.82, 2.24) is 20.6 Å². The molecule has 2 N–H and O–H groups in total. The number of carbonyl (C=O) groups is 1. The van der Waals surface area contributed by atoms with E-state index in [0.29, 0.717) is 24.3 Å². The quantitative estimate of drug-likeness (QED) is 0.443. The summed E-state index contributed by atoms with van der Waals surface area (Å²) in [4.78, 5) is 11.6. The molecule has 0 aliphatic carbocycles. The van der Waals surface area contributed by atoms with E-state index in [1.54, 1.807) is 12.1 Å². The van der Waals surface area contributed by atoms with Crippen LogP contribution in [0.3, 0.4) is 0 Å². The third-order valence-electron chi connectivity index (χ3n) is 4.32. The van der Waals surface area contributed by atoms with E-state index < -0.39 is 0 Å². The molecule has 0 saturated heterocycles. The van der Waals surface area contributed by atoms with Crippen LogP contribution in [0.25, 0.3) is 0 Å². The zero-order valence-electron chi connectivity index (χ0n) is 15.6. The largest absolute Gasteiger partial charge is 0.507 e. The van der Waals surface area contributed by atoms with Gasteiger partial charge >= 0.3 is 0 Å². The van der Waals surface area contributed by atoms with E-state index in [4.69, 9.17) is 4.74 Å². The van der Waals surface area contributed by atoms with Gasteiger partial charge in [-0.15, -0.1) is 5.10 Å². The summed E-state index contributed by atoms with van der Waals surface area (Å²) in [5, 5.41) is 24.1. The van der Waals surface area contributed by atoms with Crippen molar-refractivity contribution in [3.8, 4) is 11.5 Å². The van der Waals surface area contributed by atoms with Gasteiger partial charge in [-0.2, -0.15) is 0 Å². The summed E-state index contributed by atoms with van der Waals surface area (Å²) in [6.07, 6.45) is 7.85. The first kappa shape index (κ1) is 19.9. The summed E-state index contributed by atoms with van der Waals surface area (Å²) in [7, 11) is 0. The van der Waals surface area contributed by atoms with E-state index in [-0.39, 0.29) is 11.5 Å². The molecule has 142 valence electrons. The summed E-state index contributed by atoms with van der Waals surface area (Å²) in [6, 6.07) is 3.44. The molecule has 1 heterocycles. The van der Waals surface area contributed by atoms with Crippen molar-refractivity contribution in [2.24, 2.45) is 0 Å². The van der Waals surface area contributed by atoms with Crippen molar-refractivity contribution >= 4 is 5.78 Å².